The lowest BCUT2D eigenvalue weighted by atomic mass is 10.2. The van der Waals surface area contributed by atoms with Crippen molar-refractivity contribution in [3.8, 4) is 0 Å². The lowest BCUT2D eigenvalue weighted by Crippen LogP contribution is -2.41. The highest BCUT2D eigenvalue weighted by Gasteiger charge is 2.33. The SMILES string of the molecule is Cc1nn(C(=O)c2ccccc2Br)c(C)c1S(=O)(=O)N1CCOCC1. The number of nitrogens with zero attached hydrogens (tertiary/aromatic N) is 3. The molecule has 1 aliphatic heterocycles. The Bertz CT molecular complexity index is 917. The second kappa shape index (κ2) is 6.99. The maximum absolute atomic E-state index is 13.0. The molecule has 1 fully saturated rings. The summed E-state index contributed by atoms with van der Waals surface area (Å²) in [7, 11) is -3.72. The molecular weight excluding hydrogens is 410 g/mol. The fraction of sp³-hybridized carbons (Fsp3) is 0.375. The van der Waals surface area contributed by atoms with E-state index in [4.69, 9.17) is 4.74 Å². The minimum atomic E-state index is -3.72. The number of carbonyl (C=O) groups is 1. The largest absolute Gasteiger partial charge is 0.379 e. The molecule has 0 atom stereocenters. The van der Waals surface area contributed by atoms with Crippen LogP contribution in [0.2, 0.25) is 0 Å². The van der Waals surface area contributed by atoms with E-state index in [9.17, 15) is 13.2 Å². The highest BCUT2D eigenvalue weighted by Crippen LogP contribution is 2.26. The van der Waals surface area contributed by atoms with Crippen molar-refractivity contribution in [1.29, 1.82) is 0 Å². The van der Waals surface area contributed by atoms with E-state index in [1.807, 2.05) is 0 Å². The predicted octanol–water partition coefficient (Wildman–Crippen LogP) is 1.97. The summed E-state index contributed by atoms with van der Waals surface area (Å²) in [6.07, 6.45) is 0. The van der Waals surface area contributed by atoms with Gasteiger partial charge in [0.05, 0.1) is 30.2 Å². The summed E-state index contributed by atoms with van der Waals surface area (Å²) in [5.41, 5.74) is 1.04. The zero-order valence-corrected chi connectivity index (χ0v) is 16.3. The van der Waals surface area contributed by atoms with Gasteiger partial charge >= 0.3 is 0 Å². The summed E-state index contributed by atoms with van der Waals surface area (Å²) in [6.45, 7) is 4.52. The fourth-order valence-corrected chi connectivity index (χ4v) is 5.08. The second-order valence-corrected chi connectivity index (χ2v) is 8.44. The van der Waals surface area contributed by atoms with Crippen LogP contribution in [0.4, 0.5) is 0 Å². The summed E-state index contributed by atoms with van der Waals surface area (Å²) in [6, 6.07) is 6.97. The molecule has 1 saturated heterocycles. The van der Waals surface area contributed by atoms with Gasteiger partial charge in [0.15, 0.2) is 0 Å². The van der Waals surface area contributed by atoms with Gasteiger partial charge in [-0.05, 0) is 41.9 Å². The minimum absolute atomic E-state index is 0.0924. The van der Waals surface area contributed by atoms with Crippen molar-refractivity contribution in [3.05, 3.63) is 45.7 Å². The van der Waals surface area contributed by atoms with Crippen LogP contribution in [0.25, 0.3) is 0 Å². The highest BCUT2D eigenvalue weighted by atomic mass is 79.9. The quantitative estimate of drug-likeness (QED) is 0.747. The number of ether oxygens (including phenoxy) is 1. The monoisotopic (exact) mass is 427 g/mol. The first-order valence-electron chi connectivity index (χ1n) is 7.77. The standard InChI is InChI=1S/C16H18BrN3O4S/c1-11-15(25(22,23)19-7-9-24-10-8-19)12(2)20(18-11)16(21)13-5-3-4-6-14(13)17/h3-6H,7-10H2,1-2H3. The zero-order chi connectivity index (χ0) is 18.2. The Labute approximate surface area is 154 Å². The van der Waals surface area contributed by atoms with Gasteiger partial charge in [-0.25, -0.2) is 8.42 Å². The third-order valence-corrected chi connectivity index (χ3v) is 6.93. The van der Waals surface area contributed by atoms with Crippen LogP contribution in [0.3, 0.4) is 0 Å². The molecule has 1 aromatic carbocycles. The molecule has 134 valence electrons. The molecule has 0 bridgehead atoms. The molecule has 0 unspecified atom stereocenters. The third-order valence-electron chi connectivity index (χ3n) is 4.09. The first-order valence-corrected chi connectivity index (χ1v) is 10.0. The first-order chi connectivity index (χ1) is 11.8. The molecule has 0 saturated carbocycles. The number of hydrogen-bond acceptors (Lipinski definition) is 5. The topological polar surface area (TPSA) is 81.5 Å². The van der Waals surface area contributed by atoms with Gasteiger partial charge in [-0.3, -0.25) is 4.79 Å². The van der Waals surface area contributed by atoms with Crippen molar-refractivity contribution in [2.45, 2.75) is 18.7 Å². The smallest absolute Gasteiger partial charge is 0.279 e. The van der Waals surface area contributed by atoms with Gasteiger partial charge in [0.2, 0.25) is 10.0 Å². The predicted molar refractivity (Wildman–Crippen MR) is 95.1 cm³/mol. The van der Waals surface area contributed by atoms with E-state index in [0.29, 0.717) is 47.7 Å². The number of hydrogen-bond donors (Lipinski definition) is 0. The average molecular weight is 428 g/mol. The molecule has 1 aromatic heterocycles. The van der Waals surface area contributed by atoms with Crippen LogP contribution < -0.4 is 0 Å². The Balaban J connectivity index is 2.04. The van der Waals surface area contributed by atoms with Crippen LogP contribution in [-0.4, -0.2) is 54.7 Å². The number of carbonyl (C=O) groups excluding carboxylic acids is 1. The van der Waals surface area contributed by atoms with Crippen LogP contribution in [0.1, 0.15) is 21.7 Å². The maximum Gasteiger partial charge on any atom is 0.279 e. The summed E-state index contributed by atoms with van der Waals surface area (Å²) >= 11 is 3.34. The van der Waals surface area contributed by atoms with E-state index in [2.05, 4.69) is 21.0 Å². The van der Waals surface area contributed by atoms with Crippen LogP contribution in [-0.2, 0) is 14.8 Å². The Hall–Kier alpha value is -1.55. The number of sulfonamides is 1. The van der Waals surface area contributed by atoms with E-state index in [0.717, 1.165) is 4.68 Å². The van der Waals surface area contributed by atoms with Crippen LogP contribution in [0.15, 0.2) is 33.6 Å². The molecule has 0 N–H and O–H groups in total. The summed E-state index contributed by atoms with van der Waals surface area (Å²) in [5.74, 6) is -0.378. The summed E-state index contributed by atoms with van der Waals surface area (Å²) in [4.78, 5) is 12.9. The van der Waals surface area contributed by atoms with Gasteiger partial charge < -0.3 is 4.74 Å². The summed E-state index contributed by atoms with van der Waals surface area (Å²) in [5, 5.41) is 4.20. The van der Waals surface area contributed by atoms with Gasteiger partial charge in [-0.2, -0.15) is 14.1 Å². The van der Waals surface area contributed by atoms with Crippen molar-refractivity contribution in [1.82, 2.24) is 14.1 Å². The molecule has 3 rings (SSSR count). The number of aromatic nitrogens is 2. The van der Waals surface area contributed by atoms with E-state index >= 15 is 0 Å². The van der Waals surface area contributed by atoms with Gasteiger partial charge in [0, 0.05) is 17.6 Å². The molecule has 2 aromatic rings. The highest BCUT2D eigenvalue weighted by molar-refractivity contribution is 9.10. The number of benzene rings is 1. The van der Waals surface area contributed by atoms with Gasteiger partial charge in [-0.1, -0.05) is 12.1 Å². The van der Waals surface area contributed by atoms with Crippen molar-refractivity contribution in [3.63, 3.8) is 0 Å². The lowest BCUT2D eigenvalue weighted by molar-refractivity contribution is 0.0730. The molecule has 2 heterocycles. The van der Waals surface area contributed by atoms with E-state index in [-0.39, 0.29) is 10.8 Å². The summed E-state index contributed by atoms with van der Waals surface area (Å²) < 4.78 is 34.3. The van der Waals surface area contributed by atoms with E-state index in [1.165, 1.54) is 4.31 Å². The average Bonchev–Trinajstić information content (AvgIpc) is 2.90. The maximum atomic E-state index is 13.0. The molecule has 0 aliphatic carbocycles. The third kappa shape index (κ3) is 3.29. The fourth-order valence-electron chi connectivity index (χ4n) is 2.86. The molecular formula is C16H18BrN3O4S. The van der Waals surface area contributed by atoms with Crippen LogP contribution in [0, 0.1) is 13.8 Å². The van der Waals surface area contributed by atoms with E-state index < -0.39 is 10.0 Å². The van der Waals surface area contributed by atoms with Crippen molar-refractivity contribution < 1.29 is 17.9 Å². The molecule has 25 heavy (non-hydrogen) atoms. The van der Waals surface area contributed by atoms with Crippen molar-refractivity contribution in [2.75, 3.05) is 26.3 Å². The number of rotatable bonds is 3. The minimum Gasteiger partial charge on any atom is -0.379 e. The van der Waals surface area contributed by atoms with Crippen LogP contribution in [0.5, 0.6) is 0 Å². The number of halogens is 1. The Morgan fingerprint density at radius 2 is 1.84 bits per heavy atom. The number of morpholine rings is 1. The number of aryl methyl sites for hydroxylation is 1. The van der Waals surface area contributed by atoms with Gasteiger partial charge in [0.1, 0.15) is 4.90 Å². The Morgan fingerprint density at radius 1 is 1.20 bits per heavy atom. The molecule has 9 heteroatoms. The van der Waals surface area contributed by atoms with Gasteiger partial charge in [0.25, 0.3) is 5.91 Å². The normalized spacial score (nSPS) is 16.1. The first kappa shape index (κ1) is 18.2. The van der Waals surface area contributed by atoms with E-state index in [1.54, 1.807) is 38.1 Å². The Kier molecular flexibility index (Phi) is 5.10. The molecule has 7 nitrogen and oxygen atoms in total. The Morgan fingerprint density at radius 3 is 2.48 bits per heavy atom. The van der Waals surface area contributed by atoms with Crippen molar-refractivity contribution in [2.24, 2.45) is 0 Å². The lowest BCUT2D eigenvalue weighted by Gasteiger charge is -2.26. The second-order valence-electron chi connectivity index (χ2n) is 5.71. The van der Waals surface area contributed by atoms with Gasteiger partial charge in [-0.15, -0.1) is 0 Å². The van der Waals surface area contributed by atoms with Crippen molar-refractivity contribution >= 4 is 31.9 Å². The zero-order valence-electron chi connectivity index (χ0n) is 13.9. The molecule has 0 spiro atoms. The molecule has 0 radical (unpaired) electrons. The molecule has 0 amide bonds. The molecule has 1 aliphatic rings. The van der Waals surface area contributed by atoms with Crippen LogP contribution >= 0.6 is 15.9 Å².